The summed E-state index contributed by atoms with van der Waals surface area (Å²) < 4.78 is 27.3. The van der Waals surface area contributed by atoms with Gasteiger partial charge in [0.05, 0.1) is 5.69 Å². The van der Waals surface area contributed by atoms with Crippen LogP contribution in [0.1, 0.15) is 33.6 Å². The van der Waals surface area contributed by atoms with E-state index < -0.39 is 10.0 Å². The first-order valence-corrected chi connectivity index (χ1v) is 8.88. The molecule has 21 heavy (non-hydrogen) atoms. The highest BCUT2D eigenvalue weighted by atomic mass is 32.2. The van der Waals surface area contributed by atoms with E-state index >= 15 is 0 Å². The SMILES string of the molecule is CCCNS(=O)(=O)c1ccccc1NC1CC(N)C1(C)C. The first-order valence-electron chi connectivity index (χ1n) is 7.40. The van der Waals surface area contributed by atoms with Crippen LogP contribution < -0.4 is 15.8 Å². The Morgan fingerprint density at radius 1 is 1.33 bits per heavy atom. The predicted molar refractivity (Wildman–Crippen MR) is 85.7 cm³/mol. The second-order valence-electron chi connectivity index (χ2n) is 6.25. The summed E-state index contributed by atoms with van der Waals surface area (Å²) in [5.74, 6) is 0. The van der Waals surface area contributed by atoms with E-state index in [4.69, 9.17) is 5.73 Å². The quantitative estimate of drug-likeness (QED) is 0.749. The zero-order chi connectivity index (χ0) is 15.7. The molecule has 0 bridgehead atoms. The molecule has 1 aromatic carbocycles. The van der Waals surface area contributed by atoms with E-state index in [1.807, 2.05) is 13.0 Å². The van der Waals surface area contributed by atoms with Crippen molar-refractivity contribution >= 4 is 15.7 Å². The number of sulfonamides is 1. The minimum Gasteiger partial charge on any atom is -0.381 e. The van der Waals surface area contributed by atoms with Crippen LogP contribution in [0.15, 0.2) is 29.2 Å². The molecular formula is C15H25N3O2S. The molecule has 0 saturated heterocycles. The van der Waals surface area contributed by atoms with Crippen LogP contribution in [0.3, 0.4) is 0 Å². The minimum absolute atomic E-state index is 0.0340. The largest absolute Gasteiger partial charge is 0.381 e. The summed E-state index contributed by atoms with van der Waals surface area (Å²) in [4.78, 5) is 0.301. The van der Waals surface area contributed by atoms with Gasteiger partial charge < -0.3 is 11.1 Å². The summed E-state index contributed by atoms with van der Waals surface area (Å²) in [5, 5.41) is 3.35. The van der Waals surface area contributed by atoms with Crippen LogP contribution >= 0.6 is 0 Å². The van der Waals surface area contributed by atoms with Gasteiger partial charge in [-0.25, -0.2) is 13.1 Å². The van der Waals surface area contributed by atoms with Crippen LogP contribution in [0.2, 0.25) is 0 Å². The van der Waals surface area contributed by atoms with Crippen molar-refractivity contribution in [2.75, 3.05) is 11.9 Å². The lowest BCUT2D eigenvalue weighted by molar-refractivity contribution is 0.117. The van der Waals surface area contributed by atoms with E-state index in [9.17, 15) is 8.42 Å². The highest BCUT2D eigenvalue weighted by Crippen LogP contribution is 2.41. The van der Waals surface area contributed by atoms with Crippen LogP contribution in [-0.2, 0) is 10.0 Å². The standard InChI is InChI=1S/C15H25N3O2S/c1-4-9-17-21(19,20)12-8-6-5-7-11(12)18-14-10-13(16)15(14,2)3/h5-8,13-14,17-18H,4,9-10,16H2,1-3H3. The molecule has 4 N–H and O–H groups in total. The average molecular weight is 311 g/mol. The van der Waals surface area contributed by atoms with Crippen LogP contribution in [-0.4, -0.2) is 27.0 Å². The molecule has 5 nitrogen and oxygen atoms in total. The molecule has 0 aliphatic heterocycles. The zero-order valence-electron chi connectivity index (χ0n) is 12.9. The number of benzene rings is 1. The second kappa shape index (κ2) is 5.94. The van der Waals surface area contributed by atoms with Gasteiger partial charge in [-0.2, -0.15) is 0 Å². The summed E-state index contributed by atoms with van der Waals surface area (Å²) in [6, 6.07) is 7.36. The Morgan fingerprint density at radius 2 is 2.00 bits per heavy atom. The van der Waals surface area contributed by atoms with Crippen molar-refractivity contribution in [3.05, 3.63) is 24.3 Å². The first-order chi connectivity index (χ1) is 9.79. The Kier molecular flexibility index (Phi) is 4.60. The molecule has 2 atom stereocenters. The topological polar surface area (TPSA) is 84.2 Å². The van der Waals surface area contributed by atoms with Gasteiger partial charge in [-0.15, -0.1) is 0 Å². The molecule has 1 fully saturated rings. The number of para-hydroxylation sites is 1. The number of hydrogen-bond acceptors (Lipinski definition) is 4. The average Bonchev–Trinajstić information content (AvgIpc) is 2.45. The third kappa shape index (κ3) is 3.22. The minimum atomic E-state index is -3.48. The number of rotatable bonds is 6. The van der Waals surface area contributed by atoms with Gasteiger partial charge in [-0.05, 0) is 25.0 Å². The molecule has 2 rings (SSSR count). The maximum atomic E-state index is 12.3. The zero-order valence-corrected chi connectivity index (χ0v) is 13.7. The molecule has 1 aromatic rings. The molecule has 0 aromatic heterocycles. The van der Waals surface area contributed by atoms with Crippen LogP contribution in [0.5, 0.6) is 0 Å². The fourth-order valence-electron chi connectivity index (χ4n) is 2.53. The molecule has 0 spiro atoms. The summed E-state index contributed by atoms with van der Waals surface area (Å²) in [7, 11) is -3.48. The Hall–Kier alpha value is -1.11. The number of anilines is 1. The van der Waals surface area contributed by atoms with E-state index in [-0.39, 0.29) is 17.5 Å². The van der Waals surface area contributed by atoms with Gasteiger partial charge in [0.1, 0.15) is 4.90 Å². The molecule has 6 heteroatoms. The number of nitrogens with two attached hydrogens (primary N) is 1. The summed E-state index contributed by atoms with van der Waals surface area (Å²) in [5.41, 5.74) is 6.63. The first kappa shape index (κ1) is 16.3. The maximum Gasteiger partial charge on any atom is 0.242 e. The van der Waals surface area contributed by atoms with E-state index in [2.05, 4.69) is 23.9 Å². The van der Waals surface area contributed by atoms with E-state index in [0.717, 1.165) is 12.8 Å². The van der Waals surface area contributed by atoms with E-state index in [1.165, 1.54) is 0 Å². The van der Waals surface area contributed by atoms with E-state index in [1.54, 1.807) is 18.2 Å². The molecule has 2 unspecified atom stereocenters. The Bertz CT molecular complexity index is 599. The maximum absolute atomic E-state index is 12.3. The summed E-state index contributed by atoms with van der Waals surface area (Å²) in [6.07, 6.45) is 1.61. The predicted octanol–water partition coefficient (Wildman–Crippen LogP) is 1.91. The molecule has 0 radical (unpaired) electrons. The number of nitrogens with one attached hydrogen (secondary N) is 2. The highest BCUT2D eigenvalue weighted by molar-refractivity contribution is 7.89. The van der Waals surface area contributed by atoms with Crippen molar-refractivity contribution in [3.8, 4) is 0 Å². The molecule has 1 aliphatic rings. The Balaban J connectivity index is 2.22. The van der Waals surface area contributed by atoms with E-state index in [0.29, 0.717) is 17.1 Å². The smallest absolute Gasteiger partial charge is 0.242 e. The third-order valence-corrected chi connectivity index (χ3v) is 5.91. The van der Waals surface area contributed by atoms with Crippen molar-refractivity contribution in [1.29, 1.82) is 0 Å². The Morgan fingerprint density at radius 3 is 2.57 bits per heavy atom. The monoisotopic (exact) mass is 311 g/mol. The molecule has 118 valence electrons. The molecule has 0 amide bonds. The lowest BCUT2D eigenvalue weighted by Gasteiger charge is -2.51. The van der Waals surface area contributed by atoms with Gasteiger partial charge in [0, 0.05) is 24.0 Å². The van der Waals surface area contributed by atoms with Gasteiger partial charge >= 0.3 is 0 Å². The summed E-state index contributed by atoms with van der Waals surface area (Å²) in [6.45, 7) is 6.58. The van der Waals surface area contributed by atoms with Crippen molar-refractivity contribution in [1.82, 2.24) is 4.72 Å². The van der Waals surface area contributed by atoms with Crippen LogP contribution in [0.25, 0.3) is 0 Å². The molecule has 0 heterocycles. The Labute approximate surface area is 127 Å². The van der Waals surface area contributed by atoms with Gasteiger partial charge in [-0.3, -0.25) is 0 Å². The second-order valence-corrected chi connectivity index (χ2v) is 7.99. The van der Waals surface area contributed by atoms with Crippen molar-refractivity contribution < 1.29 is 8.42 Å². The van der Waals surface area contributed by atoms with Gasteiger partial charge in [0.25, 0.3) is 0 Å². The van der Waals surface area contributed by atoms with Crippen molar-refractivity contribution in [3.63, 3.8) is 0 Å². The highest BCUT2D eigenvalue weighted by Gasteiger charge is 2.46. The lowest BCUT2D eigenvalue weighted by Crippen LogP contribution is -2.61. The third-order valence-electron chi connectivity index (χ3n) is 4.39. The van der Waals surface area contributed by atoms with Crippen LogP contribution in [0.4, 0.5) is 5.69 Å². The van der Waals surface area contributed by atoms with Crippen molar-refractivity contribution in [2.45, 2.75) is 50.6 Å². The molecule has 1 aliphatic carbocycles. The fraction of sp³-hybridized carbons (Fsp3) is 0.600. The van der Waals surface area contributed by atoms with Gasteiger partial charge in [-0.1, -0.05) is 32.9 Å². The van der Waals surface area contributed by atoms with Gasteiger partial charge in [0.2, 0.25) is 10.0 Å². The van der Waals surface area contributed by atoms with Gasteiger partial charge in [0.15, 0.2) is 0 Å². The number of hydrogen-bond donors (Lipinski definition) is 3. The fourth-order valence-corrected chi connectivity index (χ4v) is 3.83. The molecular weight excluding hydrogens is 286 g/mol. The molecule has 1 saturated carbocycles. The lowest BCUT2D eigenvalue weighted by atomic mass is 9.63. The van der Waals surface area contributed by atoms with Crippen molar-refractivity contribution in [2.24, 2.45) is 11.1 Å². The normalized spacial score (nSPS) is 24.4. The van der Waals surface area contributed by atoms with Crippen LogP contribution in [0, 0.1) is 5.41 Å². The summed E-state index contributed by atoms with van der Waals surface area (Å²) >= 11 is 0.